The Morgan fingerprint density at radius 1 is 0.893 bits per heavy atom. The molecule has 1 aromatic heterocycles. The number of likely N-dealkylation sites (tertiary alicyclic amines) is 1. The zero-order valence-corrected chi connectivity index (χ0v) is 17.1. The quantitative estimate of drug-likeness (QED) is 0.712. The molecular weight excluding hydrogens is 378 g/mol. The SMILES string of the molecule is O=C(CN1CCN(c2ccc(S(=O)(=O)N3CCCC3)cn2)CC1)N1CCCC1. The highest BCUT2D eigenvalue weighted by Gasteiger charge is 2.28. The van der Waals surface area contributed by atoms with Crippen LogP contribution >= 0.6 is 0 Å². The first-order chi connectivity index (χ1) is 13.5. The lowest BCUT2D eigenvalue weighted by Gasteiger charge is -2.35. The van der Waals surface area contributed by atoms with Gasteiger partial charge in [0, 0.05) is 58.6 Å². The number of sulfonamides is 1. The maximum Gasteiger partial charge on any atom is 0.244 e. The van der Waals surface area contributed by atoms with Gasteiger partial charge in [0.15, 0.2) is 0 Å². The largest absolute Gasteiger partial charge is 0.354 e. The molecule has 0 unspecified atom stereocenters. The minimum atomic E-state index is -3.41. The van der Waals surface area contributed by atoms with Gasteiger partial charge in [-0.15, -0.1) is 0 Å². The monoisotopic (exact) mass is 407 g/mol. The van der Waals surface area contributed by atoms with Crippen LogP contribution in [0.1, 0.15) is 25.7 Å². The molecule has 4 heterocycles. The number of carbonyl (C=O) groups is 1. The number of hydrogen-bond donors (Lipinski definition) is 0. The summed E-state index contributed by atoms with van der Waals surface area (Å²) < 4.78 is 26.8. The van der Waals surface area contributed by atoms with E-state index in [1.165, 1.54) is 6.20 Å². The highest BCUT2D eigenvalue weighted by Crippen LogP contribution is 2.22. The summed E-state index contributed by atoms with van der Waals surface area (Å²) in [5.74, 6) is 1.03. The summed E-state index contributed by atoms with van der Waals surface area (Å²) in [6.45, 7) is 6.70. The lowest BCUT2D eigenvalue weighted by molar-refractivity contribution is -0.131. The number of amides is 1. The van der Waals surface area contributed by atoms with Crippen molar-refractivity contribution < 1.29 is 13.2 Å². The second-order valence-corrected chi connectivity index (χ2v) is 9.75. The molecule has 1 amide bonds. The van der Waals surface area contributed by atoms with Crippen molar-refractivity contribution in [3.8, 4) is 0 Å². The molecule has 3 aliphatic heterocycles. The van der Waals surface area contributed by atoms with E-state index in [0.717, 1.165) is 70.8 Å². The third-order valence-electron chi connectivity index (χ3n) is 5.94. The van der Waals surface area contributed by atoms with Crippen molar-refractivity contribution in [1.82, 2.24) is 19.1 Å². The molecule has 0 saturated carbocycles. The summed E-state index contributed by atoms with van der Waals surface area (Å²) in [4.78, 5) is 23.3. The first kappa shape index (κ1) is 19.6. The van der Waals surface area contributed by atoms with Crippen LogP contribution in [0, 0.1) is 0 Å². The van der Waals surface area contributed by atoms with E-state index in [2.05, 4.69) is 14.8 Å². The van der Waals surface area contributed by atoms with Gasteiger partial charge in [-0.05, 0) is 37.8 Å². The number of pyridine rings is 1. The van der Waals surface area contributed by atoms with E-state index in [4.69, 9.17) is 0 Å². The van der Waals surface area contributed by atoms with Gasteiger partial charge in [0.05, 0.1) is 6.54 Å². The Hall–Kier alpha value is -1.71. The molecule has 1 aromatic rings. The number of nitrogens with zero attached hydrogens (tertiary/aromatic N) is 5. The second-order valence-electron chi connectivity index (χ2n) is 7.81. The number of anilines is 1. The lowest BCUT2D eigenvalue weighted by Crippen LogP contribution is -2.50. The van der Waals surface area contributed by atoms with Gasteiger partial charge >= 0.3 is 0 Å². The summed E-state index contributed by atoms with van der Waals surface area (Å²) in [6.07, 6.45) is 5.57. The highest BCUT2D eigenvalue weighted by molar-refractivity contribution is 7.89. The molecule has 3 fully saturated rings. The topological polar surface area (TPSA) is 77.1 Å². The molecule has 0 bridgehead atoms. The van der Waals surface area contributed by atoms with Crippen molar-refractivity contribution in [1.29, 1.82) is 0 Å². The maximum atomic E-state index is 12.6. The van der Waals surface area contributed by atoms with E-state index in [9.17, 15) is 13.2 Å². The Labute approximate surface area is 167 Å². The van der Waals surface area contributed by atoms with E-state index < -0.39 is 10.0 Å². The van der Waals surface area contributed by atoms with E-state index >= 15 is 0 Å². The predicted octanol–water partition coefficient (Wildman–Crippen LogP) is 0.611. The van der Waals surface area contributed by atoms with Crippen LogP contribution in [0.2, 0.25) is 0 Å². The lowest BCUT2D eigenvalue weighted by atomic mass is 10.3. The van der Waals surface area contributed by atoms with Crippen LogP contribution in [0.25, 0.3) is 0 Å². The van der Waals surface area contributed by atoms with Gasteiger partial charge in [0.1, 0.15) is 10.7 Å². The van der Waals surface area contributed by atoms with E-state index in [1.54, 1.807) is 16.4 Å². The third kappa shape index (κ3) is 4.16. The van der Waals surface area contributed by atoms with Crippen molar-refractivity contribution in [2.75, 3.05) is 63.8 Å². The van der Waals surface area contributed by atoms with Gasteiger partial charge < -0.3 is 9.80 Å². The molecule has 4 rings (SSSR count). The minimum Gasteiger partial charge on any atom is -0.354 e. The Morgan fingerprint density at radius 3 is 2.14 bits per heavy atom. The highest BCUT2D eigenvalue weighted by atomic mass is 32.2. The summed E-state index contributed by atoms with van der Waals surface area (Å²) in [6, 6.07) is 3.47. The molecule has 8 nitrogen and oxygen atoms in total. The first-order valence-corrected chi connectivity index (χ1v) is 11.7. The molecular formula is C19H29N5O3S. The van der Waals surface area contributed by atoms with Gasteiger partial charge in [0.25, 0.3) is 0 Å². The molecule has 0 atom stereocenters. The average Bonchev–Trinajstić information content (AvgIpc) is 3.43. The smallest absolute Gasteiger partial charge is 0.244 e. The molecule has 3 aliphatic rings. The summed E-state index contributed by atoms with van der Waals surface area (Å²) >= 11 is 0. The molecule has 3 saturated heterocycles. The normalized spacial score (nSPS) is 22.1. The molecule has 0 N–H and O–H groups in total. The molecule has 28 heavy (non-hydrogen) atoms. The minimum absolute atomic E-state index is 0.237. The van der Waals surface area contributed by atoms with Crippen LogP contribution in [0.4, 0.5) is 5.82 Å². The molecule has 0 aliphatic carbocycles. The second kappa shape index (κ2) is 8.34. The predicted molar refractivity (Wildman–Crippen MR) is 107 cm³/mol. The third-order valence-corrected chi connectivity index (χ3v) is 7.82. The van der Waals surface area contributed by atoms with Crippen molar-refractivity contribution in [2.24, 2.45) is 0 Å². The first-order valence-electron chi connectivity index (χ1n) is 10.3. The van der Waals surface area contributed by atoms with Crippen molar-refractivity contribution in [2.45, 2.75) is 30.6 Å². The maximum absolute atomic E-state index is 12.6. The Bertz CT molecular complexity index is 778. The number of rotatable bonds is 5. The van der Waals surface area contributed by atoms with Gasteiger partial charge in [-0.3, -0.25) is 9.69 Å². The number of piperazine rings is 1. The Morgan fingerprint density at radius 2 is 1.54 bits per heavy atom. The van der Waals surface area contributed by atoms with Crippen molar-refractivity contribution in [3.63, 3.8) is 0 Å². The van der Waals surface area contributed by atoms with E-state index in [-0.39, 0.29) is 10.8 Å². The molecule has 154 valence electrons. The number of carbonyl (C=O) groups excluding carboxylic acids is 1. The molecule has 9 heteroatoms. The van der Waals surface area contributed by atoms with E-state index in [0.29, 0.717) is 19.6 Å². The van der Waals surface area contributed by atoms with Gasteiger partial charge in [-0.25, -0.2) is 13.4 Å². The standard InChI is InChI=1S/C19H29N5O3S/c25-19(23-7-1-2-8-23)16-21-11-13-22(14-12-21)18-6-5-17(15-20-18)28(26,27)24-9-3-4-10-24/h5-6,15H,1-4,7-14,16H2. The van der Waals surface area contributed by atoms with Crippen LogP contribution in [-0.2, 0) is 14.8 Å². The van der Waals surface area contributed by atoms with Crippen molar-refractivity contribution >= 4 is 21.7 Å². The van der Waals surface area contributed by atoms with Crippen LogP contribution < -0.4 is 4.90 Å². The summed E-state index contributed by atoms with van der Waals surface area (Å²) in [7, 11) is -3.41. The van der Waals surface area contributed by atoms with Gasteiger partial charge in [0.2, 0.25) is 15.9 Å². The number of aromatic nitrogens is 1. The average molecular weight is 408 g/mol. The molecule has 0 radical (unpaired) electrons. The van der Waals surface area contributed by atoms with Gasteiger partial charge in [-0.1, -0.05) is 0 Å². The number of hydrogen-bond acceptors (Lipinski definition) is 6. The fraction of sp³-hybridized carbons (Fsp3) is 0.684. The molecule has 0 spiro atoms. The van der Waals surface area contributed by atoms with Crippen molar-refractivity contribution in [3.05, 3.63) is 18.3 Å². The fourth-order valence-corrected chi connectivity index (χ4v) is 5.65. The molecule has 0 aromatic carbocycles. The summed E-state index contributed by atoms with van der Waals surface area (Å²) in [5.41, 5.74) is 0. The Kier molecular flexibility index (Phi) is 5.84. The Balaban J connectivity index is 1.31. The van der Waals surface area contributed by atoms with Crippen LogP contribution in [-0.4, -0.2) is 92.3 Å². The van der Waals surface area contributed by atoms with Crippen LogP contribution in [0.15, 0.2) is 23.2 Å². The van der Waals surface area contributed by atoms with Gasteiger partial charge in [-0.2, -0.15) is 4.31 Å². The zero-order chi connectivity index (χ0) is 19.6. The van der Waals surface area contributed by atoms with E-state index in [1.807, 2.05) is 4.90 Å². The zero-order valence-electron chi connectivity index (χ0n) is 16.3. The fourth-order valence-electron chi connectivity index (χ4n) is 4.18. The van der Waals surface area contributed by atoms with Crippen LogP contribution in [0.3, 0.4) is 0 Å². The summed E-state index contributed by atoms with van der Waals surface area (Å²) in [5, 5.41) is 0. The van der Waals surface area contributed by atoms with Crippen LogP contribution in [0.5, 0.6) is 0 Å².